The first-order chi connectivity index (χ1) is 10.5. The van der Waals surface area contributed by atoms with Gasteiger partial charge in [0.05, 0.1) is 17.7 Å². The van der Waals surface area contributed by atoms with Crippen LogP contribution in [-0.2, 0) is 14.4 Å². The molecular formula is C14H18N2O4S2. The van der Waals surface area contributed by atoms with Crippen molar-refractivity contribution >= 4 is 40.9 Å². The summed E-state index contributed by atoms with van der Waals surface area (Å²) in [6, 6.07) is 3.64. The van der Waals surface area contributed by atoms with Crippen LogP contribution in [0.25, 0.3) is 0 Å². The summed E-state index contributed by atoms with van der Waals surface area (Å²) in [6.45, 7) is 0.405. The number of hydrogen-bond donors (Lipinski definition) is 2. The van der Waals surface area contributed by atoms with Gasteiger partial charge in [0.25, 0.3) is 0 Å². The predicted molar refractivity (Wildman–Crippen MR) is 85.9 cm³/mol. The van der Waals surface area contributed by atoms with Gasteiger partial charge in [-0.25, -0.2) is 0 Å². The number of aliphatic carboxylic acids is 1. The number of carbonyl (C=O) groups is 3. The molecule has 2 heterocycles. The van der Waals surface area contributed by atoms with Gasteiger partial charge in [0.1, 0.15) is 0 Å². The van der Waals surface area contributed by atoms with Gasteiger partial charge < -0.3 is 15.3 Å². The van der Waals surface area contributed by atoms with Crippen molar-refractivity contribution in [3.63, 3.8) is 0 Å². The number of amides is 2. The molecule has 1 fully saturated rings. The van der Waals surface area contributed by atoms with E-state index >= 15 is 0 Å². The van der Waals surface area contributed by atoms with E-state index in [1.54, 1.807) is 11.9 Å². The molecule has 1 aliphatic rings. The Kier molecular flexibility index (Phi) is 5.84. The van der Waals surface area contributed by atoms with Crippen molar-refractivity contribution in [3.05, 3.63) is 22.4 Å². The summed E-state index contributed by atoms with van der Waals surface area (Å²) in [5, 5.41) is 13.3. The Labute approximate surface area is 136 Å². The van der Waals surface area contributed by atoms with Gasteiger partial charge in [-0.15, -0.1) is 23.1 Å². The van der Waals surface area contributed by atoms with Crippen LogP contribution in [0.5, 0.6) is 0 Å². The van der Waals surface area contributed by atoms with Gasteiger partial charge in [0.2, 0.25) is 11.8 Å². The topological polar surface area (TPSA) is 86.7 Å². The lowest BCUT2D eigenvalue weighted by Crippen LogP contribution is -2.35. The average molecular weight is 342 g/mol. The van der Waals surface area contributed by atoms with E-state index in [4.69, 9.17) is 5.11 Å². The van der Waals surface area contributed by atoms with Crippen molar-refractivity contribution in [1.29, 1.82) is 0 Å². The van der Waals surface area contributed by atoms with Crippen LogP contribution in [0.3, 0.4) is 0 Å². The minimum atomic E-state index is -0.864. The molecule has 2 N–H and O–H groups in total. The molecule has 1 aromatic rings. The minimum Gasteiger partial charge on any atom is -0.481 e. The quantitative estimate of drug-likeness (QED) is 0.727. The summed E-state index contributed by atoms with van der Waals surface area (Å²) in [6.07, 6.45) is 0.215. The van der Waals surface area contributed by atoms with Crippen molar-refractivity contribution in [2.45, 2.75) is 12.5 Å². The van der Waals surface area contributed by atoms with Crippen LogP contribution in [-0.4, -0.2) is 52.9 Å². The second-order valence-corrected chi connectivity index (χ2v) is 7.10. The highest BCUT2D eigenvalue weighted by Crippen LogP contribution is 2.38. The Morgan fingerprint density at radius 3 is 2.95 bits per heavy atom. The summed E-state index contributed by atoms with van der Waals surface area (Å²) < 4.78 is 0. The molecule has 8 heteroatoms. The van der Waals surface area contributed by atoms with Crippen molar-refractivity contribution in [2.75, 3.05) is 25.1 Å². The third-order valence-electron chi connectivity index (χ3n) is 3.53. The van der Waals surface area contributed by atoms with Crippen LogP contribution >= 0.6 is 23.1 Å². The highest BCUT2D eigenvalue weighted by atomic mass is 32.2. The van der Waals surface area contributed by atoms with E-state index in [1.165, 1.54) is 23.1 Å². The fourth-order valence-corrected chi connectivity index (χ4v) is 3.99. The molecule has 2 atom stereocenters. The average Bonchev–Trinajstić information content (AvgIpc) is 3.07. The monoisotopic (exact) mass is 342 g/mol. The maximum atomic E-state index is 12.3. The zero-order chi connectivity index (χ0) is 16.1. The van der Waals surface area contributed by atoms with Gasteiger partial charge in [-0.1, -0.05) is 6.07 Å². The van der Waals surface area contributed by atoms with Gasteiger partial charge in [0, 0.05) is 30.6 Å². The molecule has 22 heavy (non-hydrogen) atoms. The molecule has 0 bridgehead atoms. The summed E-state index contributed by atoms with van der Waals surface area (Å²) in [5.74, 6) is -0.861. The van der Waals surface area contributed by atoms with Gasteiger partial charge in [0.15, 0.2) is 0 Å². The number of hydrogen-bond acceptors (Lipinski definition) is 5. The number of carboxylic acid groups (broad SMARTS) is 1. The van der Waals surface area contributed by atoms with Crippen LogP contribution in [0.1, 0.15) is 17.3 Å². The van der Waals surface area contributed by atoms with E-state index in [0.717, 1.165) is 4.88 Å². The SMILES string of the molecule is CN1C(=O)C[C@@H](C(=O)NCCSCC(=O)O)[C@H]1c1cccs1. The third kappa shape index (κ3) is 4.01. The first kappa shape index (κ1) is 16.8. The van der Waals surface area contributed by atoms with Crippen LogP contribution in [0.4, 0.5) is 0 Å². The lowest BCUT2D eigenvalue weighted by molar-refractivity contribution is -0.134. The Hall–Kier alpha value is -1.54. The fourth-order valence-electron chi connectivity index (χ4n) is 2.49. The zero-order valence-electron chi connectivity index (χ0n) is 12.2. The van der Waals surface area contributed by atoms with E-state index in [-0.39, 0.29) is 35.9 Å². The molecule has 120 valence electrons. The van der Waals surface area contributed by atoms with Crippen LogP contribution in [0, 0.1) is 5.92 Å². The molecule has 2 amide bonds. The van der Waals surface area contributed by atoms with E-state index in [9.17, 15) is 14.4 Å². The Balaban J connectivity index is 1.90. The van der Waals surface area contributed by atoms with E-state index in [0.29, 0.717) is 12.3 Å². The Morgan fingerprint density at radius 2 is 2.32 bits per heavy atom. The zero-order valence-corrected chi connectivity index (χ0v) is 13.8. The number of thiophene rings is 1. The number of likely N-dealkylation sites (tertiary alicyclic amines) is 1. The standard InChI is InChI=1S/C14H18N2O4S2/c1-16-11(17)7-9(13(16)10-3-2-5-22-10)14(20)15-4-6-21-8-12(18)19/h2-3,5,9,13H,4,6-8H2,1H3,(H,15,20)(H,18,19)/t9-,13+/m1/s1. The second-order valence-electron chi connectivity index (χ2n) is 5.01. The lowest BCUT2D eigenvalue weighted by Gasteiger charge is -2.23. The third-order valence-corrected chi connectivity index (χ3v) is 5.42. The first-order valence-electron chi connectivity index (χ1n) is 6.87. The summed E-state index contributed by atoms with van der Waals surface area (Å²) in [4.78, 5) is 37.3. The molecule has 1 aliphatic heterocycles. The molecule has 0 unspecified atom stereocenters. The predicted octanol–water partition coefficient (Wildman–Crippen LogP) is 1.20. The van der Waals surface area contributed by atoms with Crippen LogP contribution < -0.4 is 5.32 Å². The van der Waals surface area contributed by atoms with Crippen molar-refractivity contribution < 1.29 is 19.5 Å². The van der Waals surface area contributed by atoms with Gasteiger partial charge in [-0.3, -0.25) is 14.4 Å². The Morgan fingerprint density at radius 1 is 1.55 bits per heavy atom. The maximum Gasteiger partial charge on any atom is 0.313 e. The smallest absolute Gasteiger partial charge is 0.313 e. The maximum absolute atomic E-state index is 12.3. The largest absolute Gasteiger partial charge is 0.481 e. The number of thioether (sulfide) groups is 1. The summed E-state index contributed by atoms with van der Waals surface area (Å²) in [7, 11) is 1.72. The van der Waals surface area contributed by atoms with Gasteiger partial charge in [-0.05, 0) is 11.4 Å². The van der Waals surface area contributed by atoms with Crippen molar-refractivity contribution in [1.82, 2.24) is 10.2 Å². The van der Waals surface area contributed by atoms with Gasteiger partial charge in [-0.2, -0.15) is 0 Å². The molecule has 0 aliphatic carbocycles. The summed E-state index contributed by atoms with van der Waals surface area (Å²) >= 11 is 2.80. The molecule has 6 nitrogen and oxygen atoms in total. The number of carbonyl (C=O) groups excluding carboxylic acids is 2. The molecular weight excluding hydrogens is 324 g/mol. The minimum absolute atomic E-state index is 0.0261. The molecule has 1 aromatic heterocycles. The molecule has 2 rings (SSSR count). The number of carboxylic acids is 1. The number of nitrogens with one attached hydrogen (secondary N) is 1. The van der Waals surface area contributed by atoms with Crippen LogP contribution in [0.15, 0.2) is 17.5 Å². The normalized spacial score (nSPS) is 21.1. The first-order valence-corrected chi connectivity index (χ1v) is 8.90. The van der Waals surface area contributed by atoms with E-state index in [1.807, 2.05) is 17.5 Å². The molecule has 0 spiro atoms. The second kappa shape index (κ2) is 7.64. The highest BCUT2D eigenvalue weighted by Gasteiger charge is 2.42. The number of nitrogens with zero attached hydrogens (tertiary/aromatic N) is 1. The molecule has 1 saturated heterocycles. The van der Waals surface area contributed by atoms with Crippen LogP contribution in [0.2, 0.25) is 0 Å². The van der Waals surface area contributed by atoms with Crippen molar-refractivity contribution in [3.8, 4) is 0 Å². The van der Waals surface area contributed by atoms with Gasteiger partial charge >= 0.3 is 5.97 Å². The molecule has 0 radical (unpaired) electrons. The van der Waals surface area contributed by atoms with E-state index in [2.05, 4.69) is 5.32 Å². The summed E-state index contributed by atoms with van der Waals surface area (Å²) in [5.41, 5.74) is 0. The fraction of sp³-hybridized carbons (Fsp3) is 0.500. The molecule has 0 saturated carbocycles. The van der Waals surface area contributed by atoms with E-state index < -0.39 is 5.97 Å². The highest BCUT2D eigenvalue weighted by molar-refractivity contribution is 7.99. The molecule has 0 aromatic carbocycles. The van der Waals surface area contributed by atoms with Crippen molar-refractivity contribution in [2.24, 2.45) is 5.92 Å². The lowest BCUT2D eigenvalue weighted by atomic mass is 9.98. The number of rotatable bonds is 7. The Bertz CT molecular complexity index is 547.